The average Bonchev–Trinajstić information content (AvgIpc) is 2.56. The number of phenolic OH excluding ortho intramolecular Hbond substituents is 1. The summed E-state index contributed by atoms with van der Waals surface area (Å²) in [6.07, 6.45) is 2.25. The van der Waals surface area contributed by atoms with E-state index < -0.39 is 0 Å². The molecule has 1 fully saturated rings. The molecule has 1 aromatic carbocycles. The number of nitrogens with zero attached hydrogens (tertiary/aromatic N) is 3. The summed E-state index contributed by atoms with van der Waals surface area (Å²) in [5, 5.41) is 17.8. The Bertz CT molecular complexity index is 536. The Morgan fingerprint density at radius 2 is 2.12 bits per heavy atom. The number of rotatable bonds is 1. The van der Waals surface area contributed by atoms with E-state index >= 15 is 0 Å². The van der Waals surface area contributed by atoms with Gasteiger partial charge in [0.15, 0.2) is 0 Å². The molecular formula is C12H15N3O. The molecule has 0 aliphatic heterocycles. The van der Waals surface area contributed by atoms with Crippen molar-refractivity contribution in [1.29, 1.82) is 0 Å². The van der Waals surface area contributed by atoms with Crippen LogP contribution in [-0.4, -0.2) is 20.1 Å². The van der Waals surface area contributed by atoms with Crippen LogP contribution in [0.5, 0.6) is 5.75 Å². The third-order valence-corrected chi connectivity index (χ3v) is 3.38. The van der Waals surface area contributed by atoms with Crippen molar-refractivity contribution < 1.29 is 5.11 Å². The van der Waals surface area contributed by atoms with Crippen molar-refractivity contribution in [3.05, 3.63) is 18.2 Å². The molecule has 1 aromatic heterocycles. The van der Waals surface area contributed by atoms with E-state index in [0.717, 1.165) is 23.9 Å². The molecule has 4 nitrogen and oxygen atoms in total. The van der Waals surface area contributed by atoms with Gasteiger partial charge in [-0.25, -0.2) is 4.68 Å². The lowest BCUT2D eigenvalue weighted by Gasteiger charge is -2.42. The summed E-state index contributed by atoms with van der Waals surface area (Å²) in [7, 11) is 0. The second-order valence-corrected chi connectivity index (χ2v) is 5.43. The number of hydrogen-bond donors (Lipinski definition) is 1. The normalized spacial score (nSPS) is 19.9. The Morgan fingerprint density at radius 1 is 1.38 bits per heavy atom. The van der Waals surface area contributed by atoms with E-state index in [-0.39, 0.29) is 5.75 Å². The van der Waals surface area contributed by atoms with Crippen LogP contribution in [0.1, 0.15) is 32.7 Å². The Morgan fingerprint density at radius 3 is 2.81 bits per heavy atom. The van der Waals surface area contributed by atoms with E-state index in [9.17, 15) is 5.11 Å². The van der Waals surface area contributed by atoms with E-state index in [1.807, 2.05) is 4.68 Å². The highest BCUT2D eigenvalue weighted by Crippen LogP contribution is 2.48. The molecule has 2 aromatic rings. The highest BCUT2D eigenvalue weighted by atomic mass is 16.3. The molecule has 84 valence electrons. The van der Waals surface area contributed by atoms with Gasteiger partial charge in [0.2, 0.25) is 0 Å². The first-order valence-corrected chi connectivity index (χ1v) is 5.59. The predicted molar refractivity (Wildman–Crippen MR) is 61.2 cm³/mol. The molecule has 0 radical (unpaired) electrons. The van der Waals surface area contributed by atoms with Crippen LogP contribution in [0.15, 0.2) is 18.2 Å². The molecule has 1 N–H and O–H groups in total. The smallest absolute Gasteiger partial charge is 0.117 e. The Hall–Kier alpha value is -1.58. The van der Waals surface area contributed by atoms with Crippen LogP contribution in [0.2, 0.25) is 0 Å². The van der Waals surface area contributed by atoms with Gasteiger partial charge in [0.25, 0.3) is 0 Å². The number of hydrogen-bond acceptors (Lipinski definition) is 3. The van der Waals surface area contributed by atoms with Crippen LogP contribution in [0.3, 0.4) is 0 Å². The fourth-order valence-corrected chi connectivity index (χ4v) is 2.58. The van der Waals surface area contributed by atoms with Gasteiger partial charge >= 0.3 is 0 Å². The summed E-state index contributed by atoms with van der Waals surface area (Å²) in [6.45, 7) is 4.53. The standard InChI is InChI=1S/C12H15N3O/c1-12(2)6-8(7-12)15-11-5-9(16)3-4-10(11)13-14-15/h3-5,8,16H,6-7H2,1-2H3. The number of phenols is 1. The first-order chi connectivity index (χ1) is 7.55. The summed E-state index contributed by atoms with van der Waals surface area (Å²) in [5.74, 6) is 0.273. The van der Waals surface area contributed by atoms with E-state index in [0.29, 0.717) is 11.5 Å². The van der Waals surface area contributed by atoms with Crippen LogP contribution < -0.4 is 0 Å². The van der Waals surface area contributed by atoms with Gasteiger partial charge < -0.3 is 5.11 Å². The van der Waals surface area contributed by atoms with Gasteiger partial charge in [-0.05, 0) is 30.4 Å². The maximum atomic E-state index is 9.48. The largest absolute Gasteiger partial charge is 0.508 e. The van der Waals surface area contributed by atoms with Crippen LogP contribution in [0, 0.1) is 5.41 Å². The highest BCUT2D eigenvalue weighted by Gasteiger charge is 2.38. The van der Waals surface area contributed by atoms with Gasteiger partial charge in [-0.3, -0.25) is 0 Å². The molecule has 0 spiro atoms. The molecule has 0 unspecified atom stereocenters. The summed E-state index contributed by atoms with van der Waals surface area (Å²) < 4.78 is 1.94. The van der Waals surface area contributed by atoms with Gasteiger partial charge in [-0.1, -0.05) is 19.1 Å². The van der Waals surface area contributed by atoms with E-state index in [2.05, 4.69) is 24.2 Å². The zero-order valence-electron chi connectivity index (χ0n) is 9.51. The Kier molecular flexibility index (Phi) is 1.79. The lowest BCUT2D eigenvalue weighted by molar-refractivity contribution is 0.0966. The monoisotopic (exact) mass is 217 g/mol. The average molecular weight is 217 g/mol. The summed E-state index contributed by atoms with van der Waals surface area (Å²) in [4.78, 5) is 0. The van der Waals surface area contributed by atoms with Crippen LogP contribution in [0.4, 0.5) is 0 Å². The molecule has 1 aliphatic carbocycles. The minimum atomic E-state index is 0.273. The first-order valence-electron chi connectivity index (χ1n) is 5.59. The minimum absolute atomic E-state index is 0.273. The predicted octanol–water partition coefficient (Wildman–Crippen LogP) is 2.50. The SMILES string of the molecule is CC1(C)CC(n2nnc3ccc(O)cc32)C1. The quantitative estimate of drug-likeness (QED) is 0.798. The molecule has 0 bridgehead atoms. The van der Waals surface area contributed by atoms with Crippen molar-refractivity contribution in [2.24, 2.45) is 5.41 Å². The molecule has 3 rings (SSSR count). The van der Waals surface area contributed by atoms with Crippen molar-refractivity contribution >= 4 is 11.0 Å². The summed E-state index contributed by atoms with van der Waals surface area (Å²) in [6, 6.07) is 5.62. The van der Waals surface area contributed by atoms with Crippen molar-refractivity contribution in [2.75, 3.05) is 0 Å². The minimum Gasteiger partial charge on any atom is -0.508 e. The molecule has 0 atom stereocenters. The van der Waals surface area contributed by atoms with Gasteiger partial charge in [0, 0.05) is 6.07 Å². The number of fused-ring (bicyclic) bond motifs is 1. The highest BCUT2D eigenvalue weighted by molar-refractivity contribution is 5.76. The molecule has 1 heterocycles. The first kappa shape index (κ1) is 9.63. The fourth-order valence-electron chi connectivity index (χ4n) is 2.58. The number of benzene rings is 1. The van der Waals surface area contributed by atoms with Gasteiger partial charge in [0.05, 0.1) is 11.6 Å². The topological polar surface area (TPSA) is 50.9 Å². The maximum Gasteiger partial charge on any atom is 0.117 e. The summed E-state index contributed by atoms with van der Waals surface area (Å²) >= 11 is 0. The summed E-state index contributed by atoms with van der Waals surface area (Å²) in [5.41, 5.74) is 2.20. The Labute approximate surface area is 93.9 Å². The molecule has 16 heavy (non-hydrogen) atoms. The zero-order chi connectivity index (χ0) is 11.3. The second-order valence-electron chi connectivity index (χ2n) is 5.43. The maximum absolute atomic E-state index is 9.48. The van der Waals surface area contributed by atoms with Crippen molar-refractivity contribution in [1.82, 2.24) is 15.0 Å². The molecule has 1 saturated carbocycles. The van der Waals surface area contributed by atoms with Crippen LogP contribution in [0.25, 0.3) is 11.0 Å². The molecule has 4 heteroatoms. The van der Waals surface area contributed by atoms with Crippen molar-refractivity contribution in [3.8, 4) is 5.75 Å². The third kappa shape index (κ3) is 1.37. The van der Waals surface area contributed by atoms with Crippen molar-refractivity contribution in [3.63, 3.8) is 0 Å². The Balaban J connectivity index is 2.02. The lowest BCUT2D eigenvalue weighted by Crippen LogP contribution is -2.34. The van der Waals surface area contributed by atoms with Gasteiger partial charge in [-0.15, -0.1) is 5.10 Å². The van der Waals surface area contributed by atoms with E-state index in [1.54, 1.807) is 18.2 Å². The molecule has 0 amide bonds. The zero-order valence-corrected chi connectivity index (χ0v) is 9.51. The third-order valence-electron chi connectivity index (χ3n) is 3.38. The molecular weight excluding hydrogens is 202 g/mol. The van der Waals surface area contributed by atoms with Crippen LogP contribution in [-0.2, 0) is 0 Å². The van der Waals surface area contributed by atoms with Crippen LogP contribution >= 0.6 is 0 Å². The number of aromatic hydroxyl groups is 1. The lowest BCUT2D eigenvalue weighted by atomic mass is 9.68. The molecule has 1 aliphatic rings. The van der Waals surface area contributed by atoms with Gasteiger partial charge in [0.1, 0.15) is 11.3 Å². The molecule has 0 saturated heterocycles. The van der Waals surface area contributed by atoms with E-state index in [4.69, 9.17) is 0 Å². The van der Waals surface area contributed by atoms with Gasteiger partial charge in [-0.2, -0.15) is 0 Å². The second kappa shape index (κ2) is 2.97. The van der Waals surface area contributed by atoms with Crippen molar-refractivity contribution in [2.45, 2.75) is 32.7 Å². The van der Waals surface area contributed by atoms with E-state index in [1.165, 1.54) is 0 Å². The fraction of sp³-hybridized carbons (Fsp3) is 0.500. The number of aromatic nitrogens is 3.